The lowest BCUT2D eigenvalue weighted by Crippen LogP contribution is -2.49. The van der Waals surface area contributed by atoms with Crippen LogP contribution in [0.15, 0.2) is 12.2 Å². The second kappa shape index (κ2) is 5.24. The lowest BCUT2D eigenvalue weighted by molar-refractivity contribution is -0.0563. The van der Waals surface area contributed by atoms with E-state index in [1.165, 1.54) is 37.7 Å². The third-order valence-electron chi connectivity index (χ3n) is 6.19. The summed E-state index contributed by atoms with van der Waals surface area (Å²) >= 11 is 0. The van der Waals surface area contributed by atoms with Crippen LogP contribution in [0.2, 0.25) is 0 Å². The van der Waals surface area contributed by atoms with Gasteiger partial charge in [0.15, 0.2) is 0 Å². The van der Waals surface area contributed by atoms with Crippen molar-refractivity contribution in [2.75, 3.05) is 0 Å². The highest BCUT2D eigenvalue weighted by molar-refractivity contribution is 5.15. The van der Waals surface area contributed by atoms with Gasteiger partial charge in [0.2, 0.25) is 0 Å². The molecule has 4 atom stereocenters. The molecule has 1 N–H and O–H groups in total. The lowest BCUT2D eigenvalue weighted by atomic mass is 9.47. The fraction of sp³-hybridized carbons (Fsp3) is 0.889. The molecule has 0 aliphatic heterocycles. The first-order valence-corrected chi connectivity index (χ1v) is 8.13. The Morgan fingerprint density at radius 1 is 1.32 bits per heavy atom. The van der Waals surface area contributed by atoms with E-state index in [9.17, 15) is 5.11 Å². The minimum atomic E-state index is -0.173. The first-order chi connectivity index (χ1) is 8.77. The molecular formula is C18H32O. The average molecular weight is 264 g/mol. The largest absolute Gasteiger partial charge is 0.393 e. The van der Waals surface area contributed by atoms with Crippen LogP contribution < -0.4 is 0 Å². The van der Waals surface area contributed by atoms with Crippen molar-refractivity contribution < 1.29 is 5.11 Å². The number of rotatable bonds is 3. The van der Waals surface area contributed by atoms with Gasteiger partial charge in [0.05, 0.1) is 6.10 Å². The van der Waals surface area contributed by atoms with Crippen molar-refractivity contribution in [2.24, 2.45) is 22.7 Å². The summed E-state index contributed by atoms with van der Waals surface area (Å²) in [5.74, 6) is 1.46. The van der Waals surface area contributed by atoms with Crippen LogP contribution >= 0.6 is 0 Å². The molecule has 2 fully saturated rings. The summed E-state index contributed by atoms with van der Waals surface area (Å²) < 4.78 is 0. The number of aliphatic hydroxyl groups excluding tert-OH is 1. The summed E-state index contributed by atoms with van der Waals surface area (Å²) in [6.45, 7) is 13.7. The highest BCUT2D eigenvalue weighted by Crippen LogP contribution is 2.61. The highest BCUT2D eigenvalue weighted by atomic mass is 16.3. The first-order valence-electron chi connectivity index (χ1n) is 8.13. The van der Waals surface area contributed by atoms with Gasteiger partial charge in [0.25, 0.3) is 0 Å². The van der Waals surface area contributed by atoms with Crippen LogP contribution in [0.3, 0.4) is 0 Å². The van der Waals surface area contributed by atoms with Gasteiger partial charge in [-0.05, 0) is 68.1 Å². The summed E-state index contributed by atoms with van der Waals surface area (Å²) in [5, 5.41) is 9.62. The van der Waals surface area contributed by atoms with Crippen LogP contribution in [0.4, 0.5) is 0 Å². The Bertz CT molecular complexity index is 342. The van der Waals surface area contributed by atoms with Gasteiger partial charge in [-0.15, -0.1) is 0 Å². The number of hydrogen-bond acceptors (Lipinski definition) is 1. The smallest absolute Gasteiger partial charge is 0.0512 e. The molecule has 19 heavy (non-hydrogen) atoms. The number of hydrogen-bond donors (Lipinski definition) is 1. The fourth-order valence-corrected chi connectivity index (χ4v) is 5.22. The molecular weight excluding hydrogens is 232 g/mol. The van der Waals surface area contributed by atoms with Crippen molar-refractivity contribution in [1.29, 1.82) is 0 Å². The molecule has 1 nitrogen and oxygen atoms in total. The second-order valence-corrected chi connectivity index (χ2v) is 8.08. The van der Waals surface area contributed by atoms with Crippen molar-refractivity contribution in [1.82, 2.24) is 0 Å². The predicted molar refractivity (Wildman–Crippen MR) is 82.0 cm³/mol. The molecule has 0 saturated heterocycles. The van der Waals surface area contributed by atoms with Crippen LogP contribution in [0, 0.1) is 22.7 Å². The Kier molecular flexibility index (Phi) is 4.16. The zero-order valence-corrected chi connectivity index (χ0v) is 13.3. The molecule has 0 unspecified atom stereocenters. The molecule has 0 aromatic rings. The highest BCUT2D eigenvalue weighted by Gasteiger charge is 2.52. The van der Waals surface area contributed by atoms with Crippen molar-refractivity contribution in [3.8, 4) is 0 Å². The van der Waals surface area contributed by atoms with Crippen molar-refractivity contribution in [3.05, 3.63) is 12.2 Å². The van der Waals surface area contributed by atoms with Gasteiger partial charge in [-0.1, -0.05) is 39.3 Å². The molecule has 0 radical (unpaired) electrons. The van der Waals surface area contributed by atoms with Crippen molar-refractivity contribution in [3.63, 3.8) is 0 Å². The minimum absolute atomic E-state index is 0.173. The molecule has 2 saturated carbocycles. The molecule has 0 spiro atoms. The molecule has 110 valence electrons. The van der Waals surface area contributed by atoms with Gasteiger partial charge in [-0.25, -0.2) is 0 Å². The molecule has 0 heterocycles. The molecule has 2 aliphatic rings. The number of allylic oxidation sites excluding steroid dienone is 1. The second-order valence-electron chi connectivity index (χ2n) is 8.08. The third kappa shape index (κ3) is 2.77. The van der Waals surface area contributed by atoms with Gasteiger partial charge in [-0.2, -0.15) is 0 Å². The van der Waals surface area contributed by atoms with Gasteiger partial charge in [0.1, 0.15) is 0 Å². The fourth-order valence-electron chi connectivity index (χ4n) is 5.22. The number of fused-ring (bicyclic) bond motifs is 1. The maximum atomic E-state index is 9.62. The van der Waals surface area contributed by atoms with E-state index in [0.717, 1.165) is 18.8 Å². The molecule has 2 aliphatic carbocycles. The maximum Gasteiger partial charge on any atom is 0.0512 e. The summed E-state index contributed by atoms with van der Waals surface area (Å²) in [6.07, 6.45) is 8.49. The Balaban J connectivity index is 2.22. The SMILES string of the molecule is C=C1CC[C@H]2C(C)(C)CCC[C@]2(C)[C@H]1CC[C@H](C)O. The van der Waals surface area contributed by atoms with Crippen LogP contribution in [-0.2, 0) is 0 Å². The van der Waals surface area contributed by atoms with Gasteiger partial charge < -0.3 is 5.11 Å². The monoisotopic (exact) mass is 264 g/mol. The molecule has 0 aromatic carbocycles. The Hall–Kier alpha value is -0.300. The summed E-state index contributed by atoms with van der Waals surface area (Å²) in [5.41, 5.74) is 2.36. The summed E-state index contributed by atoms with van der Waals surface area (Å²) in [4.78, 5) is 0. The van der Waals surface area contributed by atoms with E-state index in [1.807, 2.05) is 6.92 Å². The van der Waals surface area contributed by atoms with Crippen LogP contribution in [0.5, 0.6) is 0 Å². The van der Waals surface area contributed by atoms with E-state index in [2.05, 4.69) is 27.4 Å². The predicted octanol–water partition coefficient (Wildman–Crippen LogP) is 4.95. The summed E-state index contributed by atoms with van der Waals surface area (Å²) in [7, 11) is 0. The van der Waals surface area contributed by atoms with E-state index >= 15 is 0 Å². The zero-order valence-electron chi connectivity index (χ0n) is 13.3. The molecule has 1 heteroatoms. The maximum absolute atomic E-state index is 9.62. The van der Waals surface area contributed by atoms with E-state index in [-0.39, 0.29) is 6.10 Å². The Labute approximate surface area is 119 Å². The molecule has 0 amide bonds. The lowest BCUT2D eigenvalue weighted by Gasteiger charge is -2.58. The van der Waals surface area contributed by atoms with E-state index in [4.69, 9.17) is 0 Å². The minimum Gasteiger partial charge on any atom is -0.393 e. The van der Waals surface area contributed by atoms with Crippen LogP contribution in [0.1, 0.15) is 72.6 Å². The van der Waals surface area contributed by atoms with E-state index in [1.54, 1.807) is 0 Å². The standard InChI is InChI=1S/C18H32O/c1-13-7-10-16-17(3,4)11-6-12-18(16,5)15(13)9-8-14(2)19/h14-16,19H,1,6-12H2,2-5H3/t14-,15-,16-,18+/m0/s1. The third-order valence-corrected chi connectivity index (χ3v) is 6.19. The van der Waals surface area contributed by atoms with E-state index in [0.29, 0.717) is 16.7 Å². The van der Waals surface area contributed by atoms with Crippen LogP contribution in [-0.4, -0.2) is 11.2 Å². The van der Waals surface area contributed by atoms with Crippen LogP contribution in [0.25, 0.3) is 0 Å². The molecule has 2 rings (SSSR count). The van der Waals surface area contributed by atoms with E-state index < -0.39 is 0 Å². The van der Waals surface area contributed by atoms with Gasteiger partial charge in [0, 0.05) is 0 Å². The molecule has 0 bridgehead atoms. The average Bonchev–Trinajstić information content (AvgIpc) is 2.26. The quantitative estimate of drug-likeness (QED) is 0.715. The van der Waals surface area contributed by atoms with Gasteiger partial charge >= 0.3 is 0 Å². The topological polar surface area (TPSA) is 20.2 Å². The molecule has 0 aromatic heterocycles. The Morgan fingerprint density at radius 2 is 2.00 bits per heavy atom. The zero-order chi connectivity index (χ0) is 14.3. The van der Waals surface area contributed by atoms with Crippen molar-refractivity contribution in [2.45, 2.75) is 78.7 Å². The Morgan fingerprint density at radius 3 is 2.63 bits per heavy atom. The van der Waals surface area contributed by atoms with Gasteiger partial charge in [-0.3, -0.25) is 0 Å². The first kappa shape index (κ1) is 15.1. The number of aliphatic hydroxyl groups is 1. The van der Waals surface area contributed by atoms with Crippen molar-refractivity contribution >= 4 is 0 Å². The normalized spacial score (nSPS) is 39.7. The summed E-state index contributed by atoms with van der Waals surface area (Å²) in [6, 6.07) is 0.